The Kier molecular flexibility index (Phi) is 3.75. The van der Waals surface area contributed by atoms with Crippen molar-refractivity contribution in [2.45, 2.75) is 26.4 Å². The summed E-state index contributed by atoms with van der Waals surface area (Å²) in [4.78, 5) is 19.0. The second-order valence-electron chi connectivity index (χ2n) is 5.51. The minimum Gasteiger partial charge on any atom is -0.320 e. The Balaban J connectivity index is 2.13. The Morgan fingerprint density at radius 1 is 1.29 bits per heavy atom. The van der Waals surface area contributed by atoms with Crippen molar-refractivity contribution >= 4 is 11.5 Å². The lowest BCUT2D eigenvalue weighted by molar-refractivity contribution is 0.573. The lowest BCUT2D eigenvalue weighted by Crippen LogP contribution is -2.33. The van der Waals surface area contributed by atoms with Gasteiger partial charge in [0, 0.05) is 43.8 Å². The van der Waals surface area contributed by atoms with Gasteiger partial charge in [-0.3, -0.25) is 4.79 Å². The molecule has 1 aliphatic rings. The summed E-state index contributed by atoms with van der Waals surface area (Å²) in [6.07, 6.45) is 3.45. The molecule has 1 N–H and O–H groups in total. The highest BCUT2D eigenvalue weighted by molar-refractivity contribution is 5.64. The number of anilines is 2. The summed E-state index contributed by atoms with van der Waals surface area (Å²) in [6, 6.07) is 8.29. The summed E-state index contributed by atoms with van der Waals surface area (Å²) in [7, 11) is 0. The lowest BCUT2D eigenvalue weighted by Gasteiger charge is -2.23. The van der Waals surface area contributed by atoms with E-state index in [1.54, 1.807) is 17.0 Å². The van der Waals surface area contributed by atoms with E-state index >= 15 is 0 Å². The van der Waals surface area contributed by atoms with Crippen LogP contribution in [-0.2, 0) is 6.54 Å². The number of nitrogens with zero attached hydrogens (tertiary/aromatic N) is 3. The number of aromatic nitrogens is 2. The number of hydrogen-bond donors (Lipinski definition) is 1. The number of fused-ring (bicyclic) bond motifs is 1. The summed E-state index contributed by atoms with van der Waals surface area (Å²) in [6.45, 7) is 6.39. The van der Waals surface area contributed by atoms with Crippen LogP contribution in [0.15, 0.2) is 41.5 Å². The molecule has 5 heteroatoms. The first-order valence-corrected chi connectivity index (χ1v) is 7.32. The van der Waals surface area contributed by atoms with Crippen molar-refractivity contribution in [3.05, 3.63) is 52.6 Å². The fourth-order valence-electron chi connectivity index (χ4n) is 2.68. The topological polar surface area (TPSA) is 50.2 Å². The predicted octanol–water partition coefficient (Wildman–Crippen LogP) is 2.07. The molecule has 110 valence electrons. The van der Waals surface area contributed by atoms with E-state index in [2.05, 4.69) is 22.4 Å². The van der Waals surface area contributed by atoms with E-state index in [0.29, 0.717) is 5.82 Å². The van der Waals surface area contributed by atoms with Crippen molar-refractivity contribution < 1.29 is 0 Å². The summed E-state index contributed by atoms with van der Waals surface area (Å²) in [5, 5.41) is 3.38. The fraction of sp³-hybridized carbons (Fsp3) is 0.375. The zero-order chi connectivity index (χ0) is 14.8. The maximum absolute atomic E-state index is 12.7. The molecule has 0 spiro atoms. The normalized spacial score (nSPS) is 14.9. The van der Waals surface area contributed by atoms with Crippen LogP contribution in [0.3, 0.4) is 0 Å². The van der Waals surface area contributed by atoms with E-state index in [0.717, 1.165) is 25.3 Å². The van der Waals surface area contributed by atoms with Crippen molar-refractivity contribution in [3.8, 4) is 0 Å². The van der Waals surface area contributed by atoms with Crippen molar-refractivity contribution in [3.63, 3.8) is 0 Å². The molecule has 3 rings (SSSR count). The molecule has 2 aromatic rings. The zero-order valence-corrected chi connectivity index (χ0v) is 12.4. The van der Waals surface area contributed by atoms with Crippen LogP contribution < -0.4 is 15.8 Å². The SMILES string of the molecule is CC(C)n1ccnc(N2CCNCc3ccccc32)c1=O. The molecule has 5 nitrogen and oxygen atoms in total. The third kappa shape index (κ3) is 2.56. The number of benzene rings is 1. The van der Waals surface area contributed by atoms with Gasteiger partial charge in [-0.05, 0) is 25.5 Å². The van der Waals surface area contributed by atoms with Crippen LogP contribution in [0.2, 0.25) is 0 Å². The first kappa shape index (κ1) is 13.8. The van der Waals surface area contributed by atoms with Crippen LogP contribution in [-0.4, -0.2) is 22.6 Å². The fourth-order valence-corrected chi connectivity index (χ4v) is 2.68. The summed E-state index contributed by atoms with van der Waals surface area (Å²) in [5.74, 6) is 0.502. The van der Waals surface area contributed by atoms with Crippen molar-refractivity contribution in [2.24, 2.45) is 0 Å². The second kappa shape index (κ2) is 5.69. The molecule has 21 heavy (non-hydrogen) atoms. The third-order valence-electron chi connectivity index (χ3n) is 3.77. The lowest BCUT2D eigenvalue weighted by atomic mass is 10.1. The molecule has 1 aromatic carbocycles. The highest BCUT2D eigenvalue weighted by Crippen LogP contribution is 2.26. The number of para-hydroxylation sites is 1. The smallest absolute Gasteiger partial charge is 0.294 e. The first-order chi connectivity index (χ1) is 10.2. The van der Waals surface area contributed by atoms with Crippen molar-refractivity contribution in [1.82, 2.24) is 14.9 Å². The molecule has 0 radical (unpaired) electrons. The van der Waals surface area contributed by atoms with Crippen molar-refractivity contribution in [2.75, 3.05) is 18.0 Å². The molecule has 0 amide bonds. The summed E-state index contributed by atoms with van der Waals surface area (Å²) >= 11 is 0. The maximum atomic E-state index is 12.7. The minimum absolute atomic E-state index is 0.0378. The number of rotatable bonds is 2. The van der Waals surface area contributed by atoms with Gasteiger partial charge in [-0.2, -0.15) is 0 Å². The van der Waals surface area contributed by atoms with E-state index in [4.69, 9.17) is 0 Å². The Bertz CT molecular complexity index is 693. The van der Waals surface area contributed by atoms with Gasteiger partial charge in [0.1, 0.15) is 0 Å². The van der Waals surface area contributed by atoms with Gasteiger partial charge in [-0.15, -0.1) is 0 Å². The molecule has 2 heterocycles. The molecule has 0 saturated heterocycles. The van der Waals surface area contributed by atoms with Gasteiger partial charge in [0.25, 0.3) is 5.56 Å². The molecule has 0 bridgehead atoms. The Hall–Kier alpha value is -2.14. The highest BCUT2D eigenvalue weighted by Gasteiger charge is 2.20. The second-order valence-corrected chi connectivity index (χ2v) is 5.51. The highest BCUT2D eigenvalue weighted by atomic mass is 16.1. The van der Waals surface area contributed by atoms with E-state index in [1.165, 1.54) is 5.56 Å². The Morgan fingerprint density at radius 3 is 2.90 bits per heavy atom. The van der Waals surface area contributed by atoms with E-state index in [1.807, 2.05) is 30.9 Å². The molecular formula is C16H20N4O. The van der Waals surface area contributed by atoms with Gasteiger partial charge in [0.05, 0.1) is 0 Å². The molecule has 0 aliphatic carbocycles. The largest absolute Gasteiger partial charge is 0.320 e. The van der Waals surface area contributed by atoms with Crippen LogP contribution in [0, 0.1) is 0 Å². The average molecular weight is 284 g/mol. The molecule has 0 fully saturated rings. The average Bonchev–Trinajstić information content (AvgIpc) is 2.69. The van der Waals surface area contributed by atoms with Gasteiger partial charge < -0.3 is 14.8 Å². The van der Waals surface area contributed by atoms with Crippen LogP contribution in [0.4, 0.5) is 11.5 Å². The van der Waals surface area contributed by atoms with E-state index in [9.17, 15) is 4.79 Å². The maximum Gasteiger partial charge on any atom is 0.294 e. The van der Waals surface area contributed by atoms with Gasteiger partial charge in [-0.25, -0.2) is 4.98 Å². The molecule has 0 saturated carbocycles. The summed E-state index contributed by atoms with van der Waals surface area (Å²) < 4.78 is 1.73. The zero-order valence-electron chi connectivity index (χ0n) is 12.4. The summed E-state index contributed by atoms with van der Waals surface area (Å²) in [5.41, 5.74) is 2.22. The molecule has 1 aromatic heterocycles. The molecule has 0 unspecified atom stereocenters. The first-order valence-electron chi connectivity index (χ1n) is 7.32. The van der Waals surface area contributed by atoms with Crippen LogP contribution >= 0.6 is 0 Å². The Morgan fingerprint density at radius 2 is 2.10 bits per heavy atom. The van der Waals surface area contributed by atoms with E-state index in [-0.39, 0.29) is 11.6 Å². The van der Waals surface area contributed by atoms with Gasteiger partial charge >= 0.3 is 0 Å². The van der Waals surface area contributed by atoms with Gasteiger partial charge in [0.15, 0.2) is 5.82 Å². The van der Waals surface area contributed by atoms with Crippen molar-refractivity contribution in [1.29, 1.82) is 0 Å². The Labute approximate surface area is 124 Å². The van der Waals surface area contributed by atoms with E-state index < -0.39 is 0 Å². The van der Waals surface area contributed by atoms with Crippen LogP contribution in [0.5, 0.6) is 0 Å². The molecule has 0 atom stereocenters. The number of hydrogen-bond acceptors (Lipinski definition) is 4. The van der Waals surface area contributed by atoms with Crippen LogP contribution in [0.1, 0.15) is 25.5 Å². The van der Waals surface area contributed by atoms with Gasteiger partial charge in [-0.1, -0.05) is 18.2 Å². The van der Waals surface area contributed by atoms with Crippen LogP contribution in [0.25, 0.3) is 0 Å². The number of nitrogens with one attached hydrogen (secondary N) is 1. The predicted molar refractivity (Wildman–Crippen MR) is 84.0 cm³/mol. The quantitative estimate of drug-likeness (QED) is 0.917. The monoisotopic (exact) mass is 284 g/mol. The standard InChI is InChI=1S/C16H20N4O/c1-12(2)19-10-8-18-15(16(19)21)20-9-7-17-11-13-5-3-4-6-14(13)20/h3-6,8,10,12,17H,7,9,11H2,1-2H3. The molecular weight excluding hydrogens is 264 g/mol. The van der Waals surface area contributed by atoms with Gasteiger partial charge in [0.2, 0.25) is 0 Å². The minimum atomic E-state index is -0.0378. The third-order valence-corrected chi connectivity index (χ3v) is 3.77. The molecule has 1 aliphatic heterocycles.